The molecule has 4 rings (SSSR count). The van der Waals surface area contributed by atoms with Crippen molar-refractivity contribution in [3.8, 4) is 0 Å². The maximum atomic E-state index is 13.4. The molecule has 1 aromatic heterocycles. The van der Waals surface area contributed by atoms with Crippen LogP contribution < -0.4 is 4.90 Å². The molecule has 1 aliphatic heterocycles. The molecular formula is C20H20F3N5O. The highest BCUT2D eigenvalue weighted by molar-refractivity contribution is 5.60. The highest BCUT2D eigenvalue weighted by atomic mass is 19.4. The number of nitrogens with zero attached hydrogens (tertiary/aromatic N) is 5. The van der Waals surface area contributed by atoms with Crippen molar-refractivity contribution in [3.05, 3.63) is 71.0 Å². The average molecular weight is 403 g/mol. The van der Waals surface area contributed by atoms with Crippen LogP contribution in [0.15, 0.2) is 48.5 Å². The number of benzene rings is 2. The van der Waals surface area contributed by atoms with Gasteiger partial charge in [-0.05, 0) is 46.2 Å². The normalized spacial score (nSPS) is 14.8. The summed E-state index contributed by atoms with van der Waals surface area (Å²) in [4.78, 5) is 2.07. The molecule has 2 aromatic carbocycles. The number of halogens is 3. The van der Waals surface area contributed by atoms with Crippen molar-refractivity contribution < 1.29 is 17.9 Å². The van der Waals surface area contributed by atoms with E-state index in [2.05, 4.69) is 20.4 Å². The first-order valence-corrected chi connectivity index (χ1v) is 9.25. The number of fused-ring (bicyclic) bond motifs is 1. The number of aromatic nitrogens is 4. The zero-order chi connectivity index (χ0) is 20.4. The molecule has 0 saturated carbocycles. The Balaban J connectivity index is 1.82. The van der Waals surface area contributed by atoms with Crippen LogP contribution in [0.25, 0.3) is 0 Å². The molecule has 0 spiro atoms. The van der Waals surface area contributed by atoms with Crippen LogP contribution in [0.4, 0.5) is 18.9 Å². The van der Waals surface area contributed by atoms with Gasteiger partial charge >= 0.3 is 6.18 Å². The van der Waals surface area contributed by atoms with Gasteiger partial charge in [0.25, 0.3) is 0 Å². The molecule has 0 aliphatic carbocycles. The summed E-state index contributed by atoms with van der Waals surface area (Å²) in [6, 6.07) is 12.7. The molecule has 152 valence electrons. The first kappa shape index (κ1) is 19.4. The first-order chi connectivity index (χ1) is 14.0. The zero-order valence-electron chi connectivity index (χ0n) is 15.8. The quantitative estimate of drug-likeness (QED) is 0.631. The third-order valence-electron chi connectivity index (χ3n) is 5.08. The number of tetrazole rings is 1. The van der Waals surface area contributed by atoms with E-state index in [1.54, 1.807) is 17.9 Å². The lowest BCUT2D eigenvalue weighted by Gasteiger charge is -2.30. The van der Waals surface area contributed by atoms with Gasteiger partial charge in [0.05, 0.1) is 18.7 Å². The van der Waals surface area contributed by atoms with E-state index in [0.717, 1.165) is 23.7 Å². The van der Waals surface area contributed by atoms with E-state index in [4.69, 9.17) is 4.74 Å². The number of hydrogen-bond acceptors (Lipinski definition) is 5. The highest BCUT2D eigenvalue weighted by Gasteiger charge is 2.35. The van der Waals surface area contributed by atoms with Crippen molar-refractivity contribution in [2.45, 2.75) is 25.2 Å². The Bertz CT molecular complexity index is 988. The van der Waals surface area contributed by atoms with Gasteiger partial charge in [-0.2, -0.15) is 13.2 Å². The van der Waals surface area contributed by atoms with Gasteiger partial charge in [0, 0.05) is 19.3 Å². The Morgan fingerprint density at radius 2 is 1.97 bits per heavy atom. The maximum absolute atomic E-state index is 13.4. The molecule has 1 unspecified atom stereocenters. The maximum Gasteiger partial charge on any atom is 0.416 e. The Morgan fingerprint density at radius 1 is 1.14 bits per heavy atom. The predicted molar refractivity (Wildman–Crippen MR) is 100 cm³/mol. The molecule has 0 bridgehead atoms. The van der Waals surface area contributed by atoms with E-state index in [-0.39, 0.29) is 0 Å². The Hall–Kier alpha value is -2.94. The molecule has 1 aliphatic rings. The van der Waals surface area contributed by atoms with Crippen molar-refractivity contribution in [1.29, 1.82) is 0 Å². The van der Waals surface area contributed by atoms with Crippen LogP contribution in [0, 0.1) is 0 Å². The van der Waals surface area contributed by atoms with Crippen molar-refractivity contribution >= 4 is 5.69 Å². The number of alkyl halides is 3. The van der Waals surface area contributed by atoms with Gasteiger partial charge in [-0.1, -0.05) is 30.3 Å². The van der Waals surface area contributed by atoms with E-state index in [0.29, 0.717) is 31.1 Å². The lowest BCUT2D eigenvalue weighted by Crippen LogP contribution is -2.31. The minimum absolute atomic E-state index is 0.393. The van der Waals surface area contributed by atoms with Crippen LogP contribution in [-0.4, -0.2) is 40.5 Å². The predicted octanol–water partition coefficient (Wildman–Crippen LogP) is 3.49. The molecule has 2 heterocycles. The minimum atomic E-state index is -4.43. The summed E-state index contributed by atoms with van der Waals surface area (Å²) in [6.45, 7) is 1.46. The average Bonchev–Trinajstić information content (AvgIpc) is 3.34. The second kappa shape index (κ2) is 7.82. The number of anilines is 1. The topological polar surface area (TPSA) is 56.1 Å². The fourth-order valence-corrected chi connectivity index (χ4v) is 3.73. The molecule has 0 N–H and O–H groups in total. The lowest BCUT2D eigenvalue weighted by molar-refractivity contribution is -0.137. The van der Waals surface area contributed by atoms with Crippen molar-refractivity contribution in [1.82, 2.24) is 20.2 Å². The van der Waals surface area contributed by atoms with Crippen LogP contribution in [0.2, 0.25) is 0 Å². The largest absolute Gasteiger partial charge is 0.416 e. The molecule has 0 amide bonds. The smallest absolute Gasteiger partial charge is 0.383 e. The van der Waals surface area contributed by atoms with Gasteiger partial charge in [-0.15, -0.1) is 5.10 Å². The molecule has 0 fully saturated rings. The summed E-state index contributed by atoms with van der Waals surface area (Å²) in [7, 11) is 1.57. The summed E-state index contributed by atoms with van der Waals surface area (Å²) < 4.78 is 46.8. The molecular weight excluding hydrogens is 383 g/mol. The molecule has 1 atom stereocenters. The van der Waals surface area contributed by atoms with E-state index < -0.39 is 17.8 Å². The van der Waals surface area contributed by atoms with Crippen LogP contribution in [-0.2, 0) is 23.9 Å². The van der Waals surface area contributed by atoms with E-state index in [1.807, 2.05) is 24.3 Å². The van der Waals surface area contributed by atoms with Gasteiger partial charge in [0.1, 0.15) is 6.04 Å². The molecule has 3 aromatic rings. The molecule has 0 radical (unpaired) electrons. The van der Waals surface area contributed by atoms with Gasteiger partial charge in [-0.25, -0.2) is 4.68 Å². The SMILES string of the molecule is COCCn1nnnc1C(c1cccc(C(F)(F)F)c1)N1CCc2ccccc21. The second-order valence-corrected chi connectivity index (χ2v) is 6.85. The molecule has 0 saturated heterocycles. The van der Waals surface area contributed by atoms with E-state index in [9.17, 15) is 13.2 Å². The van der Waals surface area contributed by atoms with Crippen molar-refractivity contribution in [3.63, 3.8) is 0 Å². The number of ether oxygens (including phenoxy) is 1. The van der Waals surface area contributed by atoms with Crippen molar-refractivity contribution in [2.24, 2.45) is 0 Å². The number of hydrogen-bond donors (Lipinski definition) is 0. The van der Waals surface area contributed by atoms with Gasteiger partial charge in [0.15, 0.2) is 5.82 Å². The highest BCUT2D eigenvalue weighted by Crippen LogP contribution is 2.39. The van der Waals surface area contributed by atoms with Crippen LogP contribution in [0.1, 0.15) is 28.6 Å². The second-order valence-electron chi connectivity index (χ2n) is 6.85. The number of rotatable bonds is 6. The summed E-state index contributed by atoms with van der Waals surface area (Å²) in [5.41, 5.74) is 1.94. The molecule has 9 heteroatoms. The fourth-order valence-electron chi connectivity index (χ4n) is 3.73. The molecule has 29 heavy (non-hydrogen) atoms. The Labute approximate surface area is 165 Å². The summed E-state index contributed by atoms with van der Waals surface area (Å²) in [6.07, 6.45) is -3.61. The summed E-state index contributed by atoms with van der Waals surface area (Å²) in [5, 5.41) is 12.0. The van der Waals surface area contributed by atoms with E-state index >= 15 is 0 Å². The summed E-state index contributed by atoms with van der Waals surface area (Å²) in [5.74, 6) is 0.484. The monoisotopic (exact) mass is 403 g/mol. The lowest BCUT2D eigenvalue weighted by atomic mass is 10.0. The zero-order valence-corrected chi connectivity index (χ0v) is 15.8. The third kappa shape index (κ3) is 3.82. The third-order valence-corrected chi connectivity index (χ3v) is 5.08. The van der Waals surface area contributed by atoms with Gasteiger partial charge in [-0.3, -0.25) is 0 Å². The minimum Gasteiger partial charge on any atom is -0.383 e. The first-order valence-electron chi connectivity index (χ1n) is 9.25. The van der Waals surface area contributed by atoms with Gasteiger partial charge < -0.3 is 9.64 Å². The fraction of sp³-hybridized carbons (Fsp3) is 0.350. The van der Waals surface area contributed by atoms with Gasteiger partial charge in [0.2, 0.25) is 0 Å². The van der Waals surface area contributed by atoms with Crippen molar-refractivity contribution in [2.75, 3.05) is 25.2 Å². The number of methoxy groups -OCH3 is 1. The standard InChI is InChI=1S/C20H20F3N5O/c1-29-12-11-28-19(24-25-26-28)18(15-6-4-7-16(13-15)20(21,22)23)27-10-9-14-5-2-3-8-17(14)27/h2-8,13,18H,9-12H2,1H3. The van der Waals surface area contributed by atoms with Crippen LogP contribution >= 0.6 is 0 Å². The Kier molecular flexibility index (Phi) is 5.23. The Morgan fingerprint density at radius 3 is 2.76 bits per heavy atom. The number of para-hydroxylation sites is 1. The summed E-state index contributed by atoms with van der Waals surface area (Å²) >= 11 is 0. The molecule has 6 nitrogen and oxygen atoms in total. The van der Waals surface area contributed by atoms with Crippen LogP contribution in [0.5, 0.6) is 0 Å². The van der Waals surface area contributed by atoms with Crippen LogP contribution in [0.3, 0.4) is 0 Å². The van der Waals surface area contributed by atoms with E-state index in [1.165, 1.54) is 12.1 Å².